The van der Waals surface area contributed by atoms with E-state index in [-0.39, 0.29) is 24.6 Å². The standard InChI is InChI=1S/C9H18N2O2S/c1-2-7(5-12)11-9(13)8-6-14-4-3-10-8/h7-8,10,12H,2-6H2,1H3,(H,11,13)/t7-,8?/m0/s1. The van der Waals surface area contributed by atoms with Crippen LogP contribution < -0.4 is 10.6 Å². The van der Waals surface area contributed by atoms with Gasteiger partial charge in [-0.25, -0.2) is 0 Å². The van der Waals surface area contributed by atoms with Crippen LogP contribution in [-0.2, 0) is 4.79 Å². The Kier molecular flexibility index (Phi) is 5.29. The molecule has 5 heteroatoms. The third-order valence-corrected chi connectivity index (χ3v) is 3.36. The lowest BCUT2D eigenvalue weighted by atomic mass is 10.2. The van der Waals surface area contributed by atoms with Gasteiger partial charge in [0.05, 0.1) is 18.7 Å². The third kappa shape index (κ3) is 3.48. The summed E-state index contributed by atoms with van der Waals surface area (Å²) in [6.07, 6.45) is 0.766. The second-order valence-electron chi connectivity index (χ2n) is 3.38. The van der Waals surface area contributed by atoms with E-state index < -0.39 is 0 Å². The fourth-order valence-electron chi connectivity index (χ4n) is 1.31. The van der Waals surface area contributed by atoms with Gasteiger partial charge in [-0.2, -0.15) is 11.8 Å². The van der Waals surface area contributed by atoms with Gasteiger partial charge in [-0.05, 0) is 6.42 Å². The van der Waals surface area contributed by atoms with Crippen LogP contribution in [0.1, 0.15) is 13.3 Å². The van der Waals surface area contributed by atoms with E-state index in [0.29, 0.717) is 0 Å². The number of nitrogens with one attached hydrogen (secondary N) is 2. The molecule has 14 heavy (non-hydrogen) atoms. The number of carbonyl (C=O) groups excluding carboxylic acids is 1. The minimum Gasteiger partial charge on any atom is -0.394 e. The van der Waals surface area contributed by atoms with Crippen LogP contribution in [0.25, 0.3) is 0 Å². The molecular weight excluding hydrogens is 200 g/mol. The van der Waals surface area contributed by atoms with Crippen molar-refractivity contribution in [2.24, 2.45) is 0 Å². The zero-order chi connectivity index (χ0) is 10.4. The summed E-state index contributed by atoms with van der Waals surface area (Å²) in [5.41, 5.74) is 0. The van der Waals surface area contributed by atoms with Crippen LogP contribution >= 0.6 is 11.8 Å². The van der Waals surface area contributed by atoms with Crippen LogP contribution in [0.3, 0.4) is 0 Å². The summed E-state index contributed by atoms with van der Waals surface area (Å²) in [6, 6.07) is -0.189. The number of rotatable bonds is 4. The van der Waals surface area contributed by atoms with Crippen molar-refractivity contribution in [1.29, 1.82) is 0 Å². The first-order valence-electron chi connectivity index (χ1n) is 5.00. The Labute approximate surface area is 88.8 Å². The molecule has 4 nitrogen and oxygen atoms in total. The van der Waals surface area contributed by atoms with Gasteiger partial charge in [0.25, 0.3) is 0 Å². The molecule has 0 radical (unpaired) electrons. The lowest BCUT2D eigenvalue weighted by Crippen LogP contribution is -2.52. The maximum absolute atomic E-state index is 11.6. The highest BCUT2D eigenvalue weighted by Crippen LogP contribution is 2.07. The van der Waals surface area contributed by atoms with E-state index in [0.717, 1.165) is 24.5 Å². The molecule has 0 aromatic heterocycles. The van der Waals surface area contributed by atoms with Gasteiger partial charge in [0.2, 0.25) is 5.91 Å². The summed E-state index contributed by atoms with van der Waals surface area (Å²) in [4.78, 5) is 11.6. The van der Waals surface area contributed by atoms with Crippen LogP contribution in [0, 0.1) is 0 Å². The summed E-state index contributed by atoms with van der Waals surface area (Å²) in [5, 5.41) is 14.9. The monoisotopic (exact) mass is 218 g/mol. The molecule has 1 aliphatic rings. The Morgan fingerprint density at radius 3 is 3.07 bits per heavy atom. The Morgan fingerprint density at radius 1 is 1.79 bits per heavy atom. The van der Waals surface area contributed by atoms with Crippen molar-refractivity contribution >= 4 is 17.7 Å². The Bertz CT molecular complexity index is 180. The molecule has 0 aromatic rings. The topological polar surface area (TPSA) is 61.4 Å². The van der Waals surface area contributed by atoms with Crippen molar-refractivity contribution in [3.8, 4) is 0 Å². The number of aliphatic hydroxyl groups excluding tert-OH is 1. The first-order chi connectivity index (χ1) is 6.77. The van der Waals surface area contributed by atoms with Gasteiger partial charge in [-0.15, -0.1) is 0 Å². The fraction of sp³-hybridized carbons (Fsp3) is 0.889. The lowest BCUT2D eigenvalue weighted by molar-refractivity contribution is -0.123. The number of carbonyl (C=O) groups is 1. The molecule has 3 N–H and O–H groups in total. The molecule has 0 bridgehead atoms. The van der Waals surface area contributed by atoms with E-state index >= 15 is 0 Å². The summed E-state index contributed by atoms with van der Waals surface area (Å²) in [7, 11) is 0. The molecule has 1 unspecified atom stereocenters. The summed E-state index contributed by atoms with van der Waals surface area (Å²) >= 11 is 1.79. The number of hydrogen-bond acceptors (Lipinski definition) is 4. The van der Waals surface area contributed by atoms with E-state index in [1.54, 1.807) is 11.8 Å². The molecule has 0 aliphatic carbocycles. The van der Waals surface area contributed by atoms with Crippen molar-refractivity contribution in [2.75, 3.05) is 24.7 Å². The quantitative estimate of drug-likeness (QED) is 0.600. The van der Waals surface area contributed by atoms with E-state index in [1.807, 2.05) is 6.92 Å². The van der Waals surface area contributed by atoms with E-state index in [9.17, 15) is 4.79 Å². The van der Waals surface area contributed by atoms with E-state index in [4.69, 9.17) is 5.11 Å². The highest BCUT2D eigenvalue weighted by molar-refractivity contribution is 7.99. The average Bonchev–Trinajstić information content (AvgIpc) is 2.26. The normalized spacial score (nSPS) is 24.3. The first kappa shape index (κ1) is 11.8. The second-order valence-corrected chi connectivity index (χ2v) is 4.53. The minimum atomic E-state index is -0.101. The average molecular weight is 218 g/mol. The summed E-state index contributed by atoms with van der Waals surface area (Å²) < 4.78 is 0. The zero-order valence-electron chi connectivity index (χ0n) is 8.45. The molecular formula is C9H18N2O2S. The number of aliphatic hydroxyl groups is 1. The SMILES string of the molecule is CC[C@@H](CO)NC(=O)C1CSCCN1. The largest absolute Gasteiger partial charge is 0.394 e. The second kappa shape index (κ2) is 6.27. The summed E-state index contributed by atoms with van der Waals surface area (Å²) in [6.45, 7) is 2.85. The van der Waals surface area contributed by atoms with Crippen molar-refractivity contribution < 1.29 is 9.90 Å². The van der Waals surface area contributed by atoms with Gasteiger partial charge in [-0.1, -0.05) is 6.92 Å². The van der Waals surface area contributed by atoms with Gasteiger partial charge >= 0.3 is 0 Å². The minimum absolute atomic E-state index is 0.0121. The van der Waals surface area contributed by atoms with Gasteiger partial charge in [-0.3, -0.25) is 4.79 Å². The highest BCUT2D eigenvalue weighted by Gasteiger charge is 2.22. The molecule has 1 heterocycles. The molecule has 0 spiro atoms. The van der Waals surface area contributed by atoms with E-state index in [2.05, 4.69) is 10.6 Å². The first-order valence-corrected chi connectivity index (χ1v) is 6.15. The Hall–Kier alpha value is -0.260. The predicted octanol–water partition coefficient (Wildman–Crippen LogP) is -0.421. The van der Waals surface area contributed by atoms with Crippen molar-refractivity contribution in [2.45, 2.75) is 25.4 Å². The maximum Gasteiger partial charge on any atom is 0.238 e. The van der Waals surface area contributed by atoms with Crippen LogP contribution in [0.2, 0.25) is 0 Å². The van der Waals surface area contributed by atoms with Crippen LogP contribution in [-0.4, -0.2) is 47.8 Å². The molecule has 82 valence electrons. The molecule has 1 saturated heterocycles. The zero-order valence-corrected chi connectivity index (χ0v) is 9.27. The van der Waals surface area contributed by atoms with Gasteiger partial charge in [0, 0.05) is 18.1 Å². The van der Waals surface area contributed by atoms with Gasteiger partial charge < -0.3 is 15.7 Å². The van der Waals surface area contributed by atoms with Crippen molar-refractivity contribution in [1.82, 2.24) is 10.6 Å². The predicted molar refractivity (Wildman–Crippen MR) is 58.4 cm³/mol. The number of hydrogen-bond donors (Lipinski definition) is 3. The van der Waals surface area contributed by atoms with Crippen LogP contribution in [0.15, 0.2) is 0 Å². The van der Waals surface area contributed by atoms with E-state index in [1.165, 1.54) is 0 Å². The Balaban J connectivity index is 2.32. The van der Waals surface area contributed by atoms with Crippen molar-refractivity contribution in [3.05, 3.63) is 0 Å². The van der Waals surface area contributed by atoms with Crippen molar-refractivity contribution in [3.63, 3.8) is 0 Å². The third-order valence-electron chi connectivity index (χ3n) is 2.30. The number of amides is 1. The van der Waals surface area contributed by atoms with Gasteiger partial charge in [0.15, 0.2) is 0 Å². The van der Waals surface area contributed by atoms with Gasteiger partial charge in [0.1, 0.15) is 0 Å². The Morgan fingerprint density at radius 2 is 2.57 bits per heavy atom. The molecule has 1 aliphatic heterocycles. The highest BCUT2D eigenvalue weighted by atomic mass is 32.2. The molecule has 1 rings (SSSR count). The summed E-state index contributed by atoms with van der Waals surface area (Å²) in [5.74, 6) is 1.91. The smallest absolute Gasteiger partial charge is 0.238 e. The molecule has 0 saturated carbocycles. The molecule has 2 atom stereocenters. The molecule has 0 aromatic carbocycles. The fourth-order valence-corrected chi connectivity index (χ4v) is 2.25. The lowest BCUT2D eigenvalue weighted by Gasteiger charge is -2.24. The van der Waals surface area contributed by atoms with Crippen LogP contribution in [0.5, 0.6) is 0 Å². The van der Waals surface area contributed by atoms with Crippen LogP contribution in [0.4, 0.5) is 0 Å². The molecule has 1 amide bonds. The molecule has 1 fully saturated rings. The number of thioether (sulfide) groups is 1. The maximum atomic E-state index is 11.6.